The molecule has 0 aliphatic rings. The van der Waals surface area contributed by atoms with E-state index in [0.29, 0.717) is 6.54 Å². The Kier molecular flexibility index (Phi) is 4.39. The van der Waals surface area contributed by atoms with Crippen molar-refractivity contribution in [1.82, 2.24) is 0 Å². The highest BCUT2D eigenvalue weighted by molar-refractivity contribution is 5.48. The van der Waals surface area contributed by atoms with E-state index < -0.39 is 0 Å². The van der Waals surface area contributed by atoms with Crippen molar-refractivity contribution >= 4 is 5.69 Å². The summed E-state index contributed by atoms with van der Waals surface area (Å²) < 4.78 is 18.4. The maximum atomic E-state index is 12.8. The van der Waals surface area contributed by atoms with Crippen LogP contribution >= 0.6 is 0 Å². The van der Waals surface area contributed by atoms with Gasteiger partial charge in [-0.15, -0.1) is 0 Å². The number of ether oxygens (including phenoxy) is 1. The summed E-state index contributed by atoms with van der Waals surface area (Å²) >= 11 is 0. The van der Waals surface area contributed by atoms with E-state index in [1.54, 1.807) is 12.1 Å². The van der Waals surface area contributed by atoms with E-state index >= 15 is 0 Å². The zero-order valence-corrected chi connectivity index (χ0v) is 11.2. The van der Waals surface area contributed by atoms with Crippen molar-refractivity contribution in [3.63, 3.8) is 0 Å². The average Bonchev–Trinajstić information content (AvgIpc) is 2.38. The molecule has 100 valence electrons. The molecule has 0 heterocycles. The van der Waals surface area contributed by atoms with Crippen molar-refractivity contribution in [3.05, 3.63) is 59.9 Å². The number of rotatable bonds is 5. The molecule has 0 atom stereocenters. The molecule has 0 aliphatic carbocycles. The molecule has 0 saturated heterocycles. The summed E-state index contributed by atoms with van der Waals surface area (Å²) in [6.07, 6.45) is 0.160. The van der Waals surface area contributed by atoms with Gasteiger partial charge < -0.3 is 10.1 Å². The van der Waals surface area contributed by atoms with Crippen LogP contribution in [0.3, 0.4) is 0 Å². The summed E-state index contributed by atoms with van der Waals surface area (Å²) in [6, 6.07) is 14.3. The molecular formula is C16H18FNO. The normalized spacial score (nSPS) is 10.5. The van der Waals surface area contributed by atoms with Gasteiger partial charge in [-0.05, 0) is 43.7 Å². The number of halogens is 1. The van der Waals surface area contributed by atoms with Crippen LogP contribution in [0.2, 0.25) is 0 Å². The summed E-state index contributed by atoms with van der Waals surface area (Å²) in [5.74, 6) is 0.634. The molecule has 0 saturated carbocycles. The Morgan fingerprint density at radius 3 is 2.53 bits per heavy atom. The SMILES string of the molecule is CC(C)Oc1cccc(NCc2ccc(F)cc2)c1. The molecule has 0 amide bonds. The maximum absolute atomic E-state index is 12.8. The molecule has 1 N–H and O–H groups in total. The molecule has 0 bridgehead atoms. The summed E-state index contributed by atoms with van der Waals surface area (Å²) in [7, 11) is 0. The van der Waals surface area contributed by atoms with Crippen molar-refractivity contribution in [2.75, 3.05) is 5.32 Å². The minimum Gasteiger partial charge on any atom is -0.491 e. The predicted octanol–water partition coefficient (Wildman–Crippen LogP) is 4.23. The molecule has 0 fully saturated rings. The summed E-state index contributed by atoms with van der Waals surface area (Å²) in [5, 5.41) is 3.29. The molecule has 2 aromatic carbocycles. The van der Waals surface area contributed by atoms with Gasteiger partial charge in [0, 0.05) is 18.3 Å². The number of hydrogen-bond donors (Lipinski definition) is 1. The van der Waals surface area contributed by atoms with Gasteiger partial charge in [-0.1, -0.05) is 18.2 Å². The van der Waals surface area contributed by atoms with Crippen molar-refractivity contribution in [2.24, 2.45) is 0 Å². The third kappa shape index (κ3) is 4.28. The van der Waals surface area contributed by atoms with Gasteiger partial charge in [-0.2, -0.15) is 0 Å². The summed E-state index contributed by atoms with van der Waals surface area (Å²) in [6.45, 7) is 4.66. The fraction of sp³-hybridized carbons (Fsp3) is 0.250. The lowest BCUT2D eigenvalue weighted by Crippen LogP contribution is -2.06. The summed E-state index contributed by atoms with van der Waals surface area (Å²) in [5.41, 5.74) is 2.03. The second-order valence-electron chi connectivity index (χ2n) is 4.67. The van der Waals surface area contributed by atoms with E-state index in [-0.39, 0.29) is 11.9 Å². The first kappa shape index (κ1) is 13.4. The van der Waals surface area contributed by atoms with Crippen LogP contribution < -0.4 is 10.1 Å². The molecule has 0 radical (unpaired) electrons. The minimum atomic E-state index is -0.212. The zero-order valence-electron chi connectivity index (χ0n) is 11.2. The van der Waals surface area contributed by atoms with Crippen LogP contribution in [0.4, 0.5) is 10.1 Å². The molecular weight excluding hydrogens is 241 g/mol. The van der Waals surface area contributed by atoms with Crippen LogP contribution in [0.5, 0.6) is 5.75 Å². The fourth-order valence-corrected chi connectivity index (χ4v) is 1.76. The lowest BCUT2D eigenvalue weighted by Gasteiger charge is -2.12. The number of anilines is 1. The van der Waals surface area contributed by atoms with Gasteiger partial charge in [0.15, 0.2) is 0 Å². The van der Waals surface area contributed by atoms with E-state index in [2.05, 4.69) is 5.32 Å². The van der Waals surface area contributed by atoms with Gasteiger partial charge in [0.05, 0.1) is 6.10 Å². The number of hydrogen-bond acceptors (Lipinski definition) is 2. The molecule has 0 aromatic heterocycles. The molecule has 2 nitrogen and oxygen atoms in total. The first-order chi connectivity index (χ1) is 9.13. The Balaban J connectivity index is 1.97. The third-order valence-electron chi connectivity index (χ3n) is 2.62. The summed E-state index contributed by atoms with van der Waals surface area (Å²) in [4.78, 5) is 0. The molecule has 0 unspecified atom stereocenters. The second-order valence-corrected chi connectivity index (χ2v) is 4.67. The van der Waals surface area contributed by atoms with Crippen LogP contribution in [-0.2, 0) is 6.54 Å². The van der Waals surface area contributed by atoms with E-state index in [9.17, 15) is 4.39 Å². The van der Waals surface area contributed by atoms with Crippen molar-refractivity contribution in [1.29, 1.82) is 0 Å². The van der Waals surface area contributed by atoms with Crippen LogP contribution in [0.25, 0.3) is 0 Å². The van der Waals surface area contributed by atoms with Crippen LogP contribution in [0.1, 0.15) is 19.4 Å². The molecule has 0 spiro atoms. The number of nitrogens with one attached hydrogen (secondary N) is 1. The van der Waals surface area contributed by atoms with Gasteiger partial charge in [0.2, 0.25) is 0 Å². The van der Waals surface area contributed by atoms with Crippen molar-refractivity contribution in [2.45, 2.75) is 26.5 Å². The van der Waals surface area contributed by atoms with E-state index in [0.717, 1.165) is 17.0 Å². The van der Waals surface area contributed by atoms with Gasteiger partial charge in [0.1, 0.15) is 11.6 Å². The van der Waals surface area contributed by atoms with E-state index in [1.807, 2.05) is 38.1 Å². The van der Waals surface area contributed by atoms with Crippen LogP contribution in [-0.4, -0.2) is 6.10 Å². The van der Waals surface area contributed by atoms with E-state index in [1.165, 1.54) is 12.1 Å². The van der Waals surface area contributed by atoms with Gasteiger partial charge in [-0.25, -0.2) is 4.39 Å². The smallest absolute Gasteiger partial charge is 0.123 e. The molecule has 2 rings (SSSR count). The predicted molar refractivity (Wildman–Crippen MR) is 75.9 cm³/mol. The molecule has 3 heteroatoms. The van der Waals surface area contributed by atoms with Crippen LogP contribution in [0.15, 0.2) is 48.5 Å². The average molecular weight is 259 g/mol. The zero-order chi connectivity index (χ0) is 13.7. The van der Waals surface area contributed by atoms with Gasteiger partial charge >= 0.3 is 0 Å². The molecule has 2 aromatic rings. The Morgan fingerprint density at radius 1 is 1.11 bits per heavy atom. The minimum absolute atomic E-state index is 0.160. The van der Waals surface area contributed by atoms with E-state index in [4.69, 9.17) is 4.74 Å². The first-order valence-corrected chi connectivity index (χ1v) is 6.38. The monoisotopic (exact) mass is 259 g/mol. The topological polar surface area (TPSA) is 21.3 Å². The highest BCUT2D eigenvalue weighted by Crippen LogP contribution is 2.19. The maximum Gasteiger partial charge on any atom is 0.123 e. The van der Waals surface area contributed by atoms with Crippen molar-refractivity contribution < 1.29 is 9.13 Å². The molecule has 19 heavy (non-hydrogen) atoms. The Morgan fingerprint density at radius 2 is 1.84 bits per heavy atom. The lowest BCUT2D eigenvalue weighted by molar-refractivity contribution is 0.242. The standard InChI is InChI=1S/C16H18FNO/c1-12(2)19-16-5-3-4-15(10-16)18-11-13-6-8-14(17)9-7-13/h3-10,12,18H,11H2,1-2H3. The lowest BCUT2D eigenvalue weighted by atomic mass is 10.2. The largest absolute Gasteiger partial charge is 0.491 e. The Labute approximate surface area is 113 Å². The fourth-order valence-electron chi connectivity index (χ4n) is 1.76. The third-order valence-corrected chi connectivity index (χ3v) is 2.62. The Bertz CT molecular complexity index is 523. The van der Waals surface area contributed by atoms with Gasteiger partial charge in [-0.3, -0.25) is 0 Å². The Hall–Kier alpha value is -2.03. The highest BCUT2D eigenvalue weighted by Gasteiger charge is 2.00. The van der Waals surface area contributed by atoms with Gasteiger partial charge in [0.25, 0.3) is 0 Å². The first-order valence-electron chi connectivity index (χ1n) is 6.38. The van der Waals surface area contributed by atoms with Crippen LogP contribution in [0, 0.1) is 5.82 Å². The second kappa shape index (κ2) is 6.23. The quantitative estimate of drug-likeness (QED) is 0.867. The van der Waals surface area contributed by atoms with Crippen molar-refractivity contribution in [3.8, 4) is 5.75 Å². The molecule has 0 aliphatic heterocycles. The number of benzene rings is 2. The highest BCUT2D eigenvalue weighted by atomic mass is 19.1.